The van der Waals surface area contributed by atoms with Crippen molar-refractivity contribution in [3.8, 4) is 22.3 Å². The van der Waals surface area contributed by atoms with Crippen LogP contribution in [0.5, 0.6) is 0 Å². The molecule has 0 saturated heterocycles. The number of rotatable bonds is 6. The van der Waals surface area contributed by atoms with Gasteiger partial charge in [-0.25, -0.2) is 14.4 Å². The van der Waals surface area contributed by atoms with E-state index in [9.17, 15) is 4.39 Å². The Hall–Kier alpha value is -4.33. The zero-order valence-electron chi connectivity index (χ0n) is 22.0. The molecule has 0 saturated carbocycles. The monoisotopic (exact) mass is 495 g/mol. The van der Waals surface area contributed by atoms with Gasteiger partial charge < -0.3 is 9.80 Å². The molecule has 4 heterocycles. The fourth-order valence-electron chi connectivity index (χ4n) is 4.59. The second-order valence-corrected chi connectivity index (χ2v) is 9.65. The lowest BCUT2D eigenvalue weighted by atomic mass is 10.0. The highest BCUT2D eigenvalue weighted by molar-refractivity contribution is 5.83. The molecule has 37 heavy (non-hydrogen) atoms. The number of aryl methyl sites for hydroxylation is 3. The summed E-state index contributed by atoms with van der Waals surface area (Å²) in [6, 6.07) is 13.7. The maximum absolute atomic E-state index is 13.6. The number of nitrogens with zero attached hydrogens (tertiary/aromatic N) is 7. The molecule has 0 bridgehead atoms. The zero-order valence-corrected chi connectivity index (χ0v) is 22.0. The molecule has 188 valence electrons. The highest BCUT2D eigenvalue weighted by Crippen LogP contribution is 2.33. The van der Waals surface area contributed by atoms with E-state index >= 15 is 0 Å². The summed E-state index contributed by atoms with van der Waals surface area (Å²) < 4.78 is 15.5. The smallest absolute Gasteiger partial charge is 0.165 e. The van der Waals surface area contributed by atoms with Crippen molar-refractivity contribution in [3.63, 3.8) is 0 Å². The number of anilines is 2. The van der Waals surface area contributed by atoms with Crippen molar-refractivity contribution in [1.29, 1.82) is 0 Å². The fourth-order valence-corrected chi connectivity index (χ4v) is 4.59. The van der Waals surface area contributed by atoms with E-state index in [2.05, 4.69) is 46.1 Å². The number of pyridine rings is 2. The Bertz CT molecular complexity index is 1590. The first kappa shape index (κ1) is 24.4. The van der Waals surface area contributed by atoms with Crippen molar-refractivity contribution in [2.45, 2.75) is 27.3 Å². The van der Waals surface area contributed by atoms with E-state index in [0.717, 1.165) is 62.1 Å². The molecule has 8 heteroatoms. The molecule has 0 fully saturated rings. The molecule has 0 amide bonds. The molecule has 0 aliphatic carbocycles. The Morgan fingerprint density at radius 1 is 0.892 bits per heavy atom. The normalized spacial score (nSPS) is 11.2. The van der Waals surface area contributed by atoms with Crippen LogP contribution in [0.3, 0.4) is 0 Å². The molecular weight excluding hydrogens is 465 g/mol. The topological polar surface area (TPSA) is 62.5 Å². The minimum atomic E-state index is -0.341. The molecule has 7 nitrogen and oxygen atoms in total. The summed E-state index contributed by atoms with van der Waals surface area (Å²) in [4.78, 5) is 17.6. The van der Waals surface area contributed by atoms with E-state index in [1.807, 2.05) is 62.7 Å². The molecule has 0 N–H and O–H groups in total. The Morgan fingerprint density at radius 2 is 1.65 bits per heavy atom. The minimum Gasteiger partial charge on any atom is -0.363 e. The first-order valence-corrected chi connectivity index (χ1v) is 12.1. The number of hydrogen-bond acceptors (Lipinski definition) is 6. The second kappa shape index (κ2) is 9.61. The van der Waals surface area contributed by atoms with Gasteiger partial charge >= 0.3 is 0 Å². The Kier molecular flexibility index (Phi) is 6.33. The first-order valence-electron chi connectivity index (χ1n) is 12.1. The van der Waals surface area contributed by atoms with Gasteiger partial charge in [0.2, 0.25) is 0 Å². The molecule has 5 rings (SSSR count). The van der Waals surface area contributed by atoms with Gasteiger partial charge in [0, 0.05) is 63.0 Å². The molecule has 0 aliphatic heterocycles. The van der Waals surface area contributed by atoms with E-state index in [-0.39, 0.29) is 5.82 Å². The number of halogens is 1. The molecule has 0 atom stereocenters. The average molecular weight is 496 g/mol. The van der Waals surface area contributed by atoms with Crippen LogP contribution in [-0.2, 0) is 6.54 Å². The summed E-state index contributed by atoms with van der Waals surface area (Å²) in [7, 11) is 6.02. The summed E-state index contributed by atoms with van der Waals surface area (Å²) in [5, 5.41) is 4.89. The summed E-state index contributed by atoms with van der Waals surface area (Å²) in [5.74, 6) is 1.53. The summed E-state index contributed by atoms with van der Waals surface area (Å²) >= 11 is 0. The number of benzene rings is 1. The van der Waals surface area contributed by atoms with E-state index in [0.29, 0.717) is 6.54 Å². The second-order valence-electron chi connectivity index (χ2n) is 9.65. The lowest BCUT2D eigenvalue weighted by Crippen LogP contribution is -2.20. The molecular formula is C29H30FN7. The predicted molar refractivity (Wildman–Crippen MR) is 146 cm³/mol. The van der Waals surface area contributed by atoms with Gasteiger partial charge in [0.15, 0.2) is 5.65 Å². The van der Waals surface area contributed by atoms with Gasteiger partial charge in [0.1, 0.15) is 17.5 Å². The lowest BCUT2D eigenvalue weighted by Gasteiger charge is -2.21. The van der Waals surface area contributed by atoms with E-state index in [1.54, 1.807) is 6.20 Å². The third-order valence-corrected chi connectivity index (χ3v) is 6.50. The third-order valence-electron chi connectivity index (χ3n) is 6.50. The third kappa shape index (κ3) is 4.74. The van der Waals surface area contributed by atoms with Crippen LogP contribution < -0.4 is 9.80 Å². The Labute approximate surface area is 216 Å². The van der Waals surface area contributed by atoms with E-state index < -0.39 is 0 Å². The summed E-state index contributed by atoms with van der Waals surface area (Å²) in [6.45, 7) is 6.79. The van der Waals surface area contributed by atoms with Gasteiger partial charge in [-0.05, 0) is 49.6 Å². The van der Waals surface area contributed by atoms with Crippen molar-refractivity contribution >= 4 is 17.3 Å². The Balaban J connectivity index is 1.48. The number of aromatic nitrogens is 5. The maximum atomic E-state index is 13.6. The highest BCUT2D eigenvalue weighted by atomic mass is 19.1. The lowest BCUT2D eigenvalue weighted by molar-refractivity contribution is 0.622. The van der Waals surface area contributed by atoms with Gasteiger partial charge in [-0.3, -0.25) is 4.98 Å². The molecule has 5 aromatic rings. The molecule has 0 spiro atoms. The van der Waals surface area contributed by atoms with Crippen LogP contribution in [0.15, 0.2) is 61.1 Å². The summed E-state index contributed by atoms with van der Waals surface area (Å²) in [5.41, 5.74) is 8.62. The van der Waals surface area contributed by atoms with Crippen LogP contribution in [-0.4, -0.2) is 45.7 Å². The maximum Gasteiger partial charge on any atom is 0.165 e. The van der Waals surface area contributed by atoms with Crippen molar-refractivity contribution in [1.82, 2.24) is 24.6 Å². The zero-order chi connectivity index (χ0) is 26.3. The summed E-state index contributed by atoms with van der Waals surface area (Å²) in [6.07, 6.45) is 4.80. The molecule has 0 unspecified atom stereocenters. The predicted octanol–water partition coefficient (Wildman–Crippen LogP) is 5.62. The van der Waals surface area contributed by atoms with Crippen molar-refractivity contribution < 1.29 is 4.39 Å². The van der Waals surface area contributed by atoms with Crippen LogP contribution in [0.25, 0.3) is 27.9 Å². The standard InChI is InChI=1S/C29H30FN7/c1-18-11-26(35(4)5)32-16-25(18)28-20(3)34-37-27(12-19(2)33-29(28)37)36(6)17-21-7-9-22(10-8-21)23-13-24(30)15-31-14-23/h7-16H,17H2,1-6H3. The van der Waals surface area contributed by atoms with Crippen molar-refractivity contribution in [3.05, 3.63) is 89.4 Å². The van der Waals surface area contributed by atoms with Gasteiger partial charge in [0.05, 0.1) is 17.5 Å². The van der Waals surface area contributed by atoms with E-state index in [1.165, 1.54) is 12.3 Å². The van der Waals surface area contributed by atoms with Gasteiger partial charge in [-0.15, -0.1) is 0 Å². The van der Waals surface area contributed by atoms with Crippen LogP contribution in [0.2, 0.25) is 0 Å². The van der Waals surface area contributed by atoms with Crippen LogP contribution in [0.4, 0.5) is 16.0 Å². The number of fused-ring (bicyclic) bond motifs is 1. The van der Waals surface area contributed by atoms with Crippen molar-refractivity contribution in [2.24, 2.45) is 0 Å². The first-order chi connectivity index (χ1) is 17.7. The highest BCUT2D eigenvalue weighted by Gasteiger charge is 2.20. The fraction of sp³-hybridized carbons (Fsp3) is 0.241. The molecule has 0 aliphatic rings. The van der Waals surface area contributed by atoms with Crippen LogP contribution in [0.1, 0.15) is 22.5 Å². The van der Waals surface area contributed by atoms with Gasteiger partial charge in [-0.2, -0.15) is 9.61 Å². The number of hydrogen-bond donors (Lipinski definition) is 0. The Morgan fingerprint density at radius 3 is 2.32 bits per heavy atom. The largest absolute Gasteiger partial charge is 0.363 e. The molecule has 1 aromatic carbocycles. The minimum absolute atomic E-state index is 0.341. The van der Waals surface area contributed by atoms with E-state index in [4.69, 9.17) is 10.1 Å². The molecule has 0 radical (unpaired) electrons. The quantitative estimate of drug-likeness (QED) is 0.305. The van der Waals surface area contributed by atoms with Gasteiger partial charge in [0.25, 0.3) is 0 Å². The average Bonchev–Trinajstić information content (AvgIpc) is 3.19. The SMILES string of the molecule is Cc1cc(N(C)Cc2ccc(-c3cncc(F)c3)cc2)n2nc(C)c(-c3cnc(N(C)C)cc3C)c2n1. The van der Waals surface area contributed by atoms with Crippen LogP contribution >= 0.6 is 0 Å². The van der Waals surface area contributed by atoms with Gasteiger partial charge in [-0.1, -0.05) is 24.3 Å². The molecule has 4 aromatic heterocycles. The van der Waals surface area contributed by atoms with Crippen LogP contribution in [0, 0.1) is 26.6 Å². The van der Waals surface area contributed by atoms with Crippen molar-refractivity contribution in [2.75, 3.05) is 30.9 Å².